The third kappa shape index (κ3) is 4.47. The van der Waals surface area contributed by atoms with E-state index >= 15 is 0 Å². The van der Waals surface area contributed by atoms with Crippen LogP contribution in [-0.4, -0.2) is 18.2 Å². The van der Waals surface area contributed by atoms with Crippen molar-refractivity contribution in [3.05, 3.63) is 58.0 Å². The molecule has 1 aromatic heterocycles. The van der Waals surface area contributed by atoms with E-state index in [4.69, 9.17) is 27.6 Å². The minimum absolute atomic E-state index is 0.151. The highest BCUT2D eigenvalue weighted by Gasteiger charge is 2.07. The van der Waals surface area contributed by atoms with Gasteiger partial charge in [-0.1, -0.05) is 23.2 Å². The number of thioether (sulfide) groups is 1. The fourth-order valence-electron chi connectivity index (χ4n) is 1.54. The summed E-state index contributed by atoms with van der Waals surface area (Å²) in [6.07, 6.45) is 1.65. The average Bonchev–Trinajstić information content (AvgIpc) is 2.94. The van der Waals surface area contributed by atoms with E-state index in [2.05, 4.69) is 5.32 Å². The number of carbonyl (C=O) groups is 1. The third-order valence-corrected chi connectivity index (χ3v) is 4.26. The van der Waals surface area contributed by atoms with E-state index in [1.54, 1.807) is 36.2 Å². The smallest absolute Gasteiger partial charge is 0.251 e. The van der Waals surface area contributed by atoms with E-state index in [0.29, 0.717) is 22.2 Å². The summed E-state index contributed by atoms with van der Waals surface area (Å²) in [4.78, 5) is 11.9. The van der Waals surface area contributed by atoms with Crippen molar-refractivity contribution < 1.29 is 9.21 Å². The van der Waals surface area contributed by atoms with E-state index < -0.39 is 0 Å². The van der Waals surface area contributed by atoms with Gasteiger partial charge in [-0.25, -0.2) is 0 Å². The standard InChI is InChI=1S/C14H13Cl2NO2S/c15-12-4-3-10(8-13(12)16)14(18)17-5-7-20-9-11-2-1-6-19-11/h1-4,6,8H,5,7,9H2,(H,17,18). The summed E-state index contributed by atoms with van der Waals surface area (Å²) in [7, 11) is 0. The first-order valence-corrected chi connectivity index (χ1v) is 7.91. The van der Waals surface area contributed by atoms with Gasteiger partial charge in [-0.3, -0.25) is 4.79 Å². The highest BCUT2D eigenvalue weighted by molar-refractivity contribution is 7.98. The van der Waals surface area contributed by atoms with Crippen LogP contribution in [0.4, 0.5) is 0 Å². The van der Waals surface area contributed by atoms with Gasteiger partial charge in [-0.2, -0.15) is 11.8 Å². The molecule has 6 heteroatoms. The Balaban J connectivity index is 1.70. The van der Waals surface area contributed by atoms with Crippen LogP contribution in [0.25, 0.3) is 0 Å². The Morgan fingerprint density at radius 2 is 2.10 bits per heavy atom. The van der Waals surface area contributed by atoms with Crippen LogP contribution >= 0.6 is 35.0 Å². The summed E-state index contributed by atoms with van der Waals surface area (Å²) in [5, 5.41) is 3.66. The van der Waals surface area contributed by atoms with Crippen molar-refractivity contribution in [2.75, 3.05) is 12.3 Å². The lowest BCUT2D eigenvalue weighted by atomic mass is 10.2. The zero-order valence-electron chi connectivity index (χ0n) is 10.6. The number of furan rings is 1. The molecule has 2 rings (SSSR count). The number of carbonyl (C=O) groups excluding carboxylic acids is 1. The molecule has 2 aromatic rings. The Morgan fingerprint density at radius 1 is 1.25 bits per heavy atom. The van der Waals surface area contributed by atoms with Crippen LogP contribution in [0.15, 0.2) is 41.0 Å². The largest absolute Gasteiger partial charge is 0.468 e. The maximum Gasteiger partial charge on any atom is 0.251 e. The maximum absolute atomic E-state index is 11.9. The molecule has 0 spiro atoms. The molecule has 1 amide bonds. The zero-order valence-corrected chi connectivity index (χ0v) is 12.9. The van der Waals surface area contributed by atoms with Crippen molar-refractivity contribution in [1.29, 1.82) is 0 Å². The quantitative estimate of drug-likeness (QED) is 0.805. The van der Waals surface area contributed by atoms with Gasteiger partial charge in [0.25, 0.3) is 5.91 Å². The molecule has 1 heterocycles. The fourth-order valence-corrected chi connectivity index (χ4v) is 2.60. The molecule has 0 aliphatic rings. The predicted molar refractivity (Wildman–Crippen MR) is 83.7 cm³/mol. The molecule has 0 saturated carbocycles. The topological polar surface area (TPSA) is 42.2 Å². The van der Waals surface area contributed by atoms with Crippen LogP contribution < -0.4 is 5.32 Å². The maximum atomic E-state index is 11.9. The number of benzene rings is 1. The summed E-state index contributed by atoms with van der Waals surface area (Å²) >= 11 is 13.4. The molecule has 0 unspecified atom stereocenters. The average molecular weight is 330 g/mol. The molecule has 0 atom stereocenters. The Morgan fingerprint density at radius 3 is 2.80 bits per heavy atom. The molecule has 0 fully saturated rings. The van der Waals surface area contributed by atoms with E-state index in [-0.39, 0.29) is 5.91 Å². The van der Waals surface area contributed by atoms with Gasteiger partial charge in [0.15, 0.2) is 0 Å². The first-order valence-electron chi connectivity index (χ1n) is 6.00. The van der Waals surface area contributed by atoms with Crippen molar-refractivity contribution in [3.63, 3.8) is 0 Å². The summed E-state index contributed by atoms with van der Waals surface area (Å²) in [6, 6.07) is 8.63. The molecule has 0 saturated heterocycles. The molecular formula is C14H13Cl2NO2S. The Bertz CT molecular complexity index is 573. The second kappa shape index (κ2) is 7.62. The predicted octanol–water partition coefficient (Wildman–Crippen LogP) is 4.25. The first-order chi connectivity index (χ1) is 9.66. The van der Waals surface area contributed by atoms with Gasteiger partial charge >= 0.3 is 0 Å². The minimum atomic E-state index is -0.151. The molecule has 20 heavy (non-hydrogen) atoms. The Hall–Kier alpha value is -1.10. The summed E-state index contributed by atoms with van der Waals surface area (Å²) in [5.74, 6) is 2.40. The van der Waals surface area contributed by atoms with Gasteiger partial charge in [0.2, 0.25) is 0 Å². The molecule has 0 aliphatic heterocycles. The first kappa shape index (κ1) is 15.3. The lowest BCUT2D eigenvalue weighted by Crippen LogP contribution is -2.25. The van der Waals surface area contributed by atoms with E-state index in [0.717, 1.165) is 17.3 Å². The van der Waals surface area contributed by atoms with Gasteiger partial charge in [-0.05, 0) is 30.3 Å². The lowest BCUT2D eigenvalue weighted by molar-refractivity contribution is 0.0956. The highest BCUT2D eigenvalue weighted by atomic mass is 35.5. The van der Waals surface area contributed by atoms with Crippen molar-refractivity contribution in [2.24, 2.45) is 0 Å². The van der Waals surface area contributed by atoms with Crippen LogP contribution in [0.5, 0.6) is 0 Å². The van der Waals surface area contributed by atoms with E-state index in [1.807, 2.05) is 12.1 Å². The SMILES string of the molecule is O=C(NCCSCc1ccco1)c1ccc(Cl)c(Cl)c1. The van der Waals surface area contributed by atoms with Crippen LogP contribution in [0.2, 0.25) is 10.0 Å². The normalized spacial score (nSPS) is 10.5. The van der Waals surface area contributed by atoms with Crippen molar-refractivity contribution in [3.8, 4) is 0 Å². The van der Waals surface area contributed by atoms with Gasteiger partial charge in [0, 0.05) is 17.9 Å². The molecule has 0 aliphatic carbocycles. The molecular weight excluding hydrogens is 317 g/mol. The van der Waals surface area contributed by atoms with Crippen LogP contribution in [0, 0.1) is 0 Å². The van der Waals surface area contributed by atoms with Crippen LogP contribution in [-0.2, 0) is 5.75 Å². The van der Waals surface area contributed by atoms with Crippen molar-refractivity contribution in [1.82, 2.24) is 5.32 Å². The number of nitrogens with one attached hydrogen (secondary N) is 1. The number of halogens is 2. The number of hydrogen-bond acceptors (Lipinski definition) is 3. The lowest BCUT2D eigenvalue weighted by Gasteiger charge is -2.05. The summed E-state index contributed by atoms with van der Waals surface area (Å²) < 4.78 is 5.22. The van der Waals surface area contributed by atoms with E-state index in [1.165, 1.54) is 0 Å². The van der Waals surface area contributed by atoms with Gasteiger partial charge < -0.3 is 9.73 Å². The molecule has 3 nitrogen and oxygen atoms in total. The molecule has 1 aromatic carbocycles. The molecule has 1 N–H and O–H groups in total. The summed E-state index contributed by atoms with van der Waals surface area (Å²) in [6.45, 7) is 0.588. The molecule has 0 bridgehead atoms. The minimum Gasteiger partial charge on any atom is -0.468 e. The monoisotopic (exact) mass is 329 g/mol. The third-order valence-electron chi connectivity index (χ3n) is 2.54. The van der Waals surface area contributed by atoms with Gasteiger partial charge in [-0.15, -0.1) is 0 Å². The van der Waals surface area contributed by atoms with E-state index in [9.17, 15) is 4.79 Å². The van der Waals surface area contributed by atoms with Crippen molar-refractivity contribution in [2.45, 2.75) is 5.75 Å². The summed E-state index contributed by atoms with van der Waals surface area (Å²) in [5.41, 5.74) is 0.510. The fraction of sp³-hybridized carbons (Fsp3) is 0.214. The number of rotatable bonds is 6. The number of hydrogen-bond donors (Lipinski definition) is 1. The highest BCUT2D eigenvalue weighted by Crippen LogP contribution is 2.22. The van der Waals surface area contributed by atoms with Crippen molar-refractivity contribution >= 4 is 40.9 Å². The van der Waals surface area contributed by atoms with Crippen LogP contribution in [0.3, 0.4) is 0 Å². The van der Waals surface area contributed by atoms with Gasteiger partial charge in [0.1, 0.15) is 5.76 Å². The van der Waals surface area contributed by atoms with Crippen LogP contribution in [0.1, 0.15) is 16.1 Å². The zero-order chi connectivity index (χ0) is 14.4. The number of amides is 1. The second-order valence-corrected chi connectivity index (χ2v) is 5.94. The Labute approximate surface area is 131 Å². The molecule has 106 valence electrons. The van der Waals surface area contributed by atoms with Gasteiger partial charge in [0.05, 0.1) is 22.1 Å². The second-order valence-electron chi connectivity index (χ2n) is 4.02. The molecule has 0 radical (unpaired) electrons. The Kier molecular flexibility index (Phi) is 5.83.